The topological polar surface area (TPSA) is 62.7 Å². The standard InChI is InChI=1S/C22H30N4O/c1-21(2,3)18-13-19(26(25-18)22(4,5)6)24-20(27)12-11-15-14-23-17-10-8-7-9-16(15)17/h7-10,13-14,23H,11-12H2,1-6H3,(H,24,27). The molecule has 2 N–H and O–H groups in total. The molecule has 0 saturated heterocycles. The fourth-order valence-electron chi connectivity index (χ4n) is 3.14. The van der Waals surface area contributed by atoms with E-state index in [1.807, 2.05) is 29.1 Å². The van der Waals surface area contributed by atoms with Crippen LogP contribution in [0.4, 0.5) is 5.82 Å². The van der Waals surface area contributed by atoms with Crippen molar-refractivity contribution in [3.8, 4) is 0 Å². The molecule has 0 unspecified atom stereocenters. The van der Waals surface area contributed by atoms with E-state index in [1.54, 1.807) is 0 Å². The van der Waals surface area contributed by atoms with Crippen LogP contribution < -0.4 is 5.32 Å². The second kappa shape index (κ2) is 6.87. The van der Waals surface area contributed by atoms with Crippen molar-refractivity contribution < 1.29 is 4.79 Å². The highest BCUT2D eigenvalue weighted by Crippen LogP contribution is 2.28. The molecule has 3 aromatic rings. The molecule has 0 aliphatic heterocycles. The van der Waals surface area contributed by atoms with Crippen LogP contribution in [0.5, 0.6) is 0 Å². The summed E-state index contributed by atoms with van der Waals surface area (Å²) >= 11 is 0. The first kappa shape index (κ1) is 19.2. The maximum atomic E-state index is 12.6. The average Bonchev–Trinajstić information content (AvgIpc) is 3.16. The van der Waals surface area contributed by atoms with Crippen molar-refractivity contribution in [1.29, 1.82) is 0 Å². The Kier molecular flexibility index (Phi) is 4.89. The first-order valence-corrected chi connectivity index (χ1v) is 9.51. The lowest BCUT2D eigenvalue weighted by molar-refractivity contribution is -0.116. The molecule has 0 saturated carbocycles. The van der Waals surface area contributed by atoms with E-state index in [0.717, 1.165) is 17.0 Å². The highest BCUT2D eigenvalue weighted by molar-refractivity contribution is 5.91. The molecule has 0 fully saturated rings. The number of benzene rings is 1. The van der Waals surface area contributed by atoms with Crippen LogP contribution in [0.2, 0.25) is 0 Å². The van der Waals surface area contributed by atoms with Crippen LogP contribution in [0.15, 0.2) is 36.5 Å². The van der Waals surface area contributed by atoms with Gasteiger partial charge in [0.25, 0.3) is 0 Å². The van der Waals surface area contributed by atoms with Crippen LogP contribution in [0.3, 0.4) is 0 Å². The molecule has 0 bridgehead atoms. The Morgan fingerprint density at radius 2 is 1.85 bits per heavy atom. The van der Waals surface area contributed by atoms with Gasteiger partial charge < -0.3 is 10.3 Å². The largest absolute Gasteiger partial charge is 0.361 e. The average molecular weight is 367 g/mol. The molecule has 5 heteroatoms. The van der Waals surface area contributed by atoms with E-state index >= 15 is 0 Å². The van der Waals surface area contributed by atoms with Gasteiger partial charge in [-0.25, -0.2) is 4.68 Å². The number of carbonyl (C=O) groups is 1. The number of amides is 1. The van der Waals surface area contributed by atoms with Crippen LogP contribution in [0, 0.1) is 0 Å². The Morgan fingerprint density at radius 3 is 2.52 bits per heavy atom. The van der Waals surface area contributed by atoms with E-state index in [4.69, 9.17) is 5.10 Å². The minimum absolute atomic E-state index is 0.00569. The summed E-state index contributed by atoms with van der Waals surface area (Å²) < 4.78 is 1.91. The number of hydrogen-bond donors (Lipinski definition) is 2. The fraction of sp³-hybridized carbons (Fsp3) is 0.455. The maximum Gasteiger partial charge on any atom is 0.225 e. The summed E-state index contributed by atoms with van der Waals surface area (Å²) in [7, 11) is 0. The number of anilines is 1. The number of aryl methyl sites for hydroxylation is 1. The third-order valence-electron chi connectivity index (χ3n) is 4.68. The molecule has 0 aliphatic carbocycles. The van der Waals surface area contributed by atoms with E-state index in [2.05, 4.69) is 64.0 Å². The number of carbonyl (C=O) groups excluding carboxylic acids is 1. The van der Waals surface area contributed by atoms with Gasteiger partial charge in [-0.3, -0.25) is 4.79 Å². The highest BCUT2D eigenvalue weighted by atomic mass is 16.1. The molecule has 2 heterocycles. The van der Waals surface area contributed by atoms with Gasteiger partial charge in [0.2, 0.25) is 5.91 Å². The van der Waals surface area contributed by atoms with Crippen molar-refractivity contribution in [3.63, 3.8) is 0 Å². The first-order chi connectivity index (χ1) is 12.6. The molecule has 0 atom stereocenters. The highest BCUT2D eigenvalue weighted by Gasteiger charge is 2.25. The fourth-order valence-corrected chi connectivity index (χ4v) is 3.14. The Bertz CT molecular complexity index is 951. The molecule has 3 rings (SSSR count). The zero-order chi connectivity index (χ0) is 19.8. The smallest absolute Gasteiger partial charge is 0.225 e. The number of fused-ring (bicyclic) bond motifs is 1. The first-order valence-electron chi connectivity index (χ1n) is 9.51. The van der Waals surface area contributed by atoms with Gasteiger partial charge in [0.1, 0.15) is 5.82 Å². The number of hydrogen-bond acceptors (Lipinski definition) is 2. The number of nitrogens with one attached hydrogen (secondary N) is 2. The summed E-state index contributed by atoms with van der Waals surface area (Å²) in [6, 6.07) is 10.2. The molecule has 27 heavy (non-hydrogen) atoms. The Balaban J connectivity index is 1.74. The molecule has 144 valence electrons. The van der Waals surface area contributed by atoms with Gasteiger partial charge in [-0.15, -0.1) is 0 Å². The Morgan fingerprint density at radius 1 is 1.15 bits per heavy atom. The van der Waals surface area contributed by atoms with E-state index in [0.29, 0.717) is 12.8 Å². The third-order valence-corrected chi connectivity index (χ3v) is 4.68. The van der Waals surface area contributed by atoms with Gasteiger partial charge in [0.15, 0.2) is 0 Å². The van der Waals surface area contributed by atoms with Gasteiger partial charge in [0, 0.05) is 35.0 Å². The SMILES string of the molecule is CC(C)(C)c1cc(NC(=O)CCc2c[nH]c3ccccc23)n(C(C)(C)C)n1. The van der Waals surface area contributed by atoms with Gasteiger partial charge in [0.05, 0.1) is 11.2 Å². The predicted molar refractivity (Wildman–Crippen MR) is 111 cm³/mol. The van der Waals surface area contributed by atoms with Crippen molar-refractivity contribution in [2.75, 3.05) is 5.32 Å². The van der Waals surface area contributed by atoms with Crippen LogP contribution >= 0.6 is 0 Å². The van der Waals surface area contributed by atoms with Crippen molar-refractivity contribution in [2.24, 2.45) is 0 Å². The molecule has 5 nitrogen and oxygen atoms in total. The molecule has 2 aromatic heterocycles. The summed E-state index contributed by atoms with van der Waals surface area (Å²) in [6.07, 6.45) is 3.13. The van der Waals surface area contributed by atoms with Gasteiger partial charge in [-0.1, -0.05) is 39.0 Å². The van der Waals surface area contributed by atoms with Gasteiger partial charge >= 0.3 is 0 Å². The van der Waals surface area contributed by atoms with Crippen LogP contribution in [-0.2, 0) is 22.2 Å². The van der Waals surface area contributed by atoms with Crippen LogP contribution in [0.25, 0.3) is 10.9 Å². The van der Waals surface area contributed by atoms with Gasteiger partial charge in [-0.2, -0.15) is 5.10 Å². The minimum atomic E-state index is -0.205. The van der Waals surface area contributed by atoms with Crippen molar-refractivity contribution in [3.05, 3.63) is 47.8 Å². The van der Waals surface area contributed by atoms with E-state index in [9.17, 15) is 4.79 Å². The number of aromatic amines is 1. The summed E-state index contributed by atoms with van der Waals surface area (Å²) in [6.45, 7) is 12.7. The van der Waals surface area contributed by atoms with Crippen LogP contribution in [-0.4, -0.2) is 20.7 Å². The van der Waals surface area contributed by atoms with Crippen molar-refractivity contribution in [2.45, 2.75) is 65.3 Å². The lowest BCUT2D eigenvalue weighted by Gasteiger charge is -2.23. The molecule has 0 radical (unpaired) electrons. The lowest BCUT2D eigenvalue weighted by atomic mass is 9.92. The monoisotopic (exact) mass is 366 g/mol. The summed E-state index contributed by atoms with van der Waals surface area (Å²) in [5.41, 5.74) is 2.97. The lowest BCUT2D eigenvalue weighted by Crippen LogP contribution is -2.27. The predicted octanol–water partition coefficient (Wildman–Crippen LogP) is 4.99. The van der Waals surface area contributed by atoms with E-state index in [1.165, 1.54) is 10.9 Å². The number of H-pyrrole nitrogens is 1. The maximum absolute atomic E-state index is 12.6. The van der Waals surface area contributed by atoms with Crippen LogP contribution in [0.1, 0.15) is 59.2 Å². The second-order valence-electron chi connectivity index (χ2n) is 9.16. The number of para-hydroxylation sites is 1. The molecule has 0 aliphatic rings. The van der Waals surface area contributed by atoms with Gasteiger partial charge in [-0.05, 0) is 38.8 Å². The number of rotatable bonds is 4. The second-order valence-corrected chi connectivity index (χ2v) is 9.16. The normalized spacial score (nSPS) is 12.5. The molecular weight excluding hydrogens is 336 g/mol. The molecule has 1 amide bonds. The summed E-state index contributed by atoms with van der Waals surface area (Å²) in [5, 5.41) is 9.01. The minimum Gasteiger partial charge on any atom is -0.361 e. The Labute approximate surface area is 161 Å². The molecule has 0 spiro atoms. The summed E-state index contributed by atoms with van der Waals surface area (Å²) in [4.78, 5) is 15.9. The molecular formula is C22H30N4O. The van der Waals surface area contributed by atoms with E-state index in [-0.39, 0.29) is 16.9 Å². The number of nitrogens with zero attached hydrogens (tertiary/aromatic N) is 2. The summed E-state index contributed by atoms with van der Waals surface area (Å²) in [5.74, 6) is 0.766. The quantitative estimate of drug-likeness (QED) is 0.683. The number of aromatic nitrogens is 3. The zero-order valence-electron chi connectivity index (χ0n) is 17.2. The van der Waals surface area contributed by atoms with Crippen molar-refractivity contribution in [1.82, 2.24) is 14.8 Å². The zero-order valence-corrected chi connectivity index (χ0v) is 17.2. The Hall–Kier alpha value is -2.56. The third kappa shape index (κ3) is 4.24. The molecule has 1 aromatic carbocycles. The van der Waals surface area contributed by atoms with E-state index < -0.39 is 0 Å². The van der Waals surface area contributed by atoms with Crippen molar-refractivity contribution >= 4 is 22.6 Å².